The van der Waals surface area contributed by atoms with Crippen LogP contribution >= 0.6 is 11.3 Å². The summed E-state index contributed by atoms with van der Waals surface area (Å²) in [5, 5.41) is 0.830. The number of likely N-dealkylation sites (tertiary alicyclic amines) is 1. The number of carbonyl (C=O) groups excluding carboxylic acids is 1. The van der Waals surface area contributed by atoms with Crippen molar-refractivity contribution in [2.45, 2.75) is 30.6 Å². The van der Waals surface area contributed by atoms with Crippen LogP contribution in [0, 0.1) is 5.82 Å². The molecule has 0 saturated carbocycles. The molecular weight excluding hydrogens is 423 g/mol. The molecule has 0 bridgehead atoms. The summed E-state index contributed by atoms with van der Waals surface area (Å²) >= 11 is 1.43. The first-order chi connectivity index (χ1) is 14.4. The van der Waals surface area contributed by atoms with E-state index < -0.39 is 15.8 Å². The van der Waals surface area contributed by atoms with E-state index in [4.69, 9.17) is 0 Å². The molecule has 0 aliphatic carbocycles. The summed E-state index contributed by atoms with van der Waals surface area (Å²) < 4.78 is 41.0. The maximum Gasteiger partial charge on any atom is 0.264 e. The van der Waals surface area contributed by atoms with Gasteiger partial charge >= 0.3 is 0 Å². The van der Waals surface area contributed by atoms with Crippen LogP contribution in [0.1, 0.15) is 35.4 Å². The summed E-state index contributed by atoms with van der Waals surface area (Å²) in [6.45, 7) is 1.58. The van der Waals surface area contributed by atoms with Crippen LogP contribution in [0.25, 0.3) is 10.1 Å². The van der Waals surface area contributed by atoms with E-state index in [1.807, 2.05) is 17.0 Å². The van der Waals surface area contributed by atoms with E-state index in [0.29, 0.717) is 10.6 Å². The molecule has 0 radical (unpaired) electrons. The van der Waals surface area contributed by atoms with Gasteiger partial charge in [-0.05, 0) is 66.8 Å². The Kier molecular flexibility index (Phi) is 5.79. The summed E-state index contributed by atoms with van der Waals surface area (Å²) in [6.07, 6.45) is 4.39. The molecule has 2 aromatic carbocycles. The second-order valence-corrected chi connectivity index (χ2v) is 10.5. The fourth-order valence-corrected chi connectivity index (χ4v) is 5.86. The molecule has 1 fully saturated rings. The molecule has 0 N–H and O–H groups in total. The van der Waals surface area contributed by atoms with Gasteiger partial charge in [-0.2, -0.15) is 0 Å². The maximum atomic E-state index is 13.2. The van der Waals surface area contributed by atoms with Gasteiger partial charge in [0.1, 0.15) is 5.82 Å². The number of rotatable bonds is 4. The molecule has 1 amide bonds. The van der Waals surface area contributed by atoms with Crippen molar-refractivity contribution in [2.75, 3.05) is 24.4 Å². The summed E-state index contributed by atoms with van der Waals surface area (Å²) in [6, 6.07) is 11.9. The van der Waals surface area contributed by atoms with Crippen molar-refractivity contribution < 1.29 is 17.6 Å². The van der Waals surface area contributed by atoms with Gasteiger partial charge in [-0.3, -0.25) is 9.10 Å². The Bertz CT molecular complexity index is 1160. The molecule has 2 heterocycles. The van der Waals surface area contributed by atoms with E-state index >= 15 is 0 Å². The van der Waals surface area contributed by atoms with Crippen LogP contribution < -0.4 is 4.31 Å². The Morgan fingerprint density at radius 3 is 2.33 bits per heavy atom. The third-order valence-corrected chi connectivity index (χ3v) is 8.34. The van der Waals surface area contributed by atoms with E-state index in [1.54, 1.807) is 12.1 Å². The Labute approximate surface area is 179 Å². The van der Waals surface area contributed by atoms with Gasteiger partial charge in [-0.15, -0.1) is 11.3 Å². The second-order valence-electron chi connectivity index (χ2n) is 7.47. The lowest BCUT2D eigenvalue weighted by molar-refractivity contribution is 0.0766. The lowest BCUT2D eigenvalue weighted by atomic mass is 10.2. The second kappa shape index (κ2) is 8.35. The van der Waals surface area contributed by atoms with E-state index in [0.717, 1.165) is 61.0 Å². The number of nitrogens with zero attached hydrogens (tertiary/aromatic N) is 2. The number of sulfonamides is 1. The van der Waals surface area contributed by atoms with Gasteiger partial charge in [0.2, 0.25) is 0 Å². The molecule has 1 aliphatic heterocycles. The van der Waals surface area contributed by atoms with Crippen LogP contribution in [-0.2, 0) is 10.0 Å². The third kappa shape index (κ3) is 4.06. The highest BCUT2D eigenvalue weighted by Gasteiger charge is 2.23. The maximum absolute atomic E-state index is 13.2. The molecule has 0 spiro atoms. The van der Waals surface area contributed by atoms with E-state index in [-0.39, 0.29) is 10.8 Å². The fraction of sp³-hybridized carbons (Fsp3) is 0.318. The summed E-state index contributed by atoms with van der Waals surface area (Å²) in [7, 11) is -2.35. The zero-order valence-electron chi connectivity index (χ0n) is 16.7. The first-order valence-electron chi connectivity index (χ1n) is 9.94. The van der Waals surface area contributed by atoms with Gasteiger partial charge in [0.25, 0.3) is 15.9 Å². The lowest BCUT2D eigenvalue weighted by Gasteiger charge is -2.19. The Hall–Kier alpha value is -2.45. The molecule has 158 valence electrons. The van der Waals surface area contributed by atoms with Gasteiger partial charge in [-0.25, -0.2) is 12.8 Å². The van der Waals surface area contributed by atoms with Gasteiger partial charge < -0.3 is 4.90 Å². The number of fused-ring (bicyclic) bond motifs is 1. The molecule has 30 heavy (non-hydrogen) atoms. The fourth-order valence-electron chi connectivity index (χ4n) is 3.67. The lowest BCUT2D eigenvalue weighted by Crippen LogP contribution is -2.31. The van der Waals surface area contributed by atoms with Crippen molar-refractivity contribution in [3.63, 3.8) is 0 Å². The van der Waals surface area contributed by atoms with Crippen LogP contribution in [0.4, 0.5) is 10.1 Å². The molecule has 1 aliphatic rings. The standard InChI is InChI=1S/C22H23FN2O3S2/c1-24(30(27,28)19-9-6-17(23)7-10-19)18-8-11-20-16(14-18)15-21(29-20)22(26)25-12-4-2-3-5-13-25/h6-11,14-15H,2-5,12-13H2,1H3. The van der Waals surface area contributed by atoms with Crippen LogP contribution in [0.2, 0.25) is 0 Å². The van der Waals surface area contributed by atoms with E-state index in [9.17, 15) is 17.6 Å². The van der Waals surface area contributed by atoms with Crippen molar-refractivity contribution in [2.24, 2.45) is 0 Å². The molecule has 5 nitrogen and oxygen atoms in total. The molecular formula is C22H23FN2O3S2. The normalized spacial score (nSPS) is 15.2. The number of thiophene rings is 1. The van der Waals surface area contributed by atoms with Crippen molar-refractivity contribution in [1.29, 1.82) is 0 Å². The first kappa shape index (κ1) is 20.8. The number of anilines is 1. The molecule has 3 aromatic rings. The average molecular weight is 447 g/mol. The third-order valence-electron chi connectivity index (χ3n) is 5.44. The van der Waals surface area contributed by atoms with Crippen LogP contribution in [0.15, 0.2) is 53.4 Å². The zero-order chi connectivity index (χ0) is 21.3. The predicted octanol–water partition coefficient (Wildman–Crippen LogP) is 4.88. The molecule has 1 aromatic heterocycles. The van der Waals surface area contributed by atoms with Crippen molar-refractivity contribution >= 4 is 43.0 Å². The number of halogens is 1. The number of benzene rings is 2. The molecule has 4 rings (SSSR count). The SMILES string of the molecule is CN(c1ccc2sc(C(=O)N3CCCCCC3)cc2c1)S(=O)(=O)c1ccc(F)cc1. The highest BCUT2D eigenvalue weighted by Crippen LogP contribution is 2.32. The summed E-state index contributed by atoms with van der Waals surface area (Å²) in [5.74, 6) is -0.440. The Morgan fingerprint density at radius 1 is 1.00 bits per heavy atom. The predicted molar refractivity (Wildman–Crippen MR) is 118 cm³/mol. The van der Waals surface area contributed by atoms with Crippen molar-refractivity contribution in [1.82, 2.24) is 4.90 Å². The van der Waals surface area contributed by atoms with Gasteiger partial charge in [0.05, 0.1) is 15.5 Å². The molecule has 0 atom stereocenters. The number of hydrogen-bond donors (Lipinski definition) is 0. The minimum absolute atomic E-state index is 0.0221. The zero-order valence-corrected chi connectivity index (χ0v) is 18.3. The quantitative estimate of drug-likeness (QED) is 0.574. The van der Waals surface area contributed by atoms with E-state index in [2.05, 4.69) is 0 Å². The van der Waals surface area contributed by atoms with Gasteiger partial charge in [-0.1, -0.05) is 12.8 Å². The van der Waals surface area contributed by atoms with Gasteiger partial charge in [0.15, 0.2) is 0 Å². The van der Waals surface area contributed by atoms with Gasteiger partial charge in [0, 0.05) is 24.8 Å². The average Bonchev–Trinajstić information content (AvgIpc) is 2.97. The van der Waals surface area contributed by atoms with Crippen LogP contribution in [0.5, 0.6) is 0 Å². The van der Waals surface area contributed by atoms with Crippen LogP contribution in [-0.4, -0.2) is 39.4 Å². The first-order valence-corrected chi connectivity index (χ1v) is 12.2. The highest BCUT2D eigenvalue weighted by atomic mass is 32.2. The topological polar surface area (TPSA) is 57.7 Å². The highest BCUT2D eigenvalue weighted by molar-refractivity contribution is 7.92. The monoisotopic (exact) mass is 446 g/mol. The Balaban J connectivity index is 1.61. The molecule has 8 heteroatoms. The van der Waals surface area contributed by atoms with Crippen molar-refractivity contribution in [3.05, 3.63) is 59.2 Å². The van der Waals surface area contributed by atoms with E-state index in [1.165, 1.54) is 34.8 Å². The summed E-state index contributed by atoms with van der Waals surface area (Å²) in [5.41, 5.74) is 0.485. The molecule has 1 saturated heterocycles. The molecule has 0 unspecified atom stereocenters. The number of hydrogen-bond acceptors (Lipinski definition) is 4. The smallest absolute Gasteiger partial charge is 0.264 e. The Morgan fingerprint density at radius 2 is 1.67 bits per heavy atom. The van der Waals surface area contributed by atoms with Crippen molar-refractivity contribution in [3.8, 4) is 0 Å². The number of amides is 1. The minimum Gasteiger partial charge on any atom is -0.338 e. The van der Waals surface area contributed by atoms with Crippen LogP contribution in [0.3, 0.4) is 0 Å². The number of carbonyl (C=O) groups is 1. The summed E-state index contributed by atoms with van der Waals surface area (Å²) in [4.78, 5) is 15.5. The minimum atomic E-state index is -3.81. The largest absolute Gasteiger partial charge is 0.338 e.